The normalized spacial score (nSPS) is 16.8. The summed E-state index contributed by atoms with van der Waals surface area (Å²) in [6.07, 6.45) is 2.68. The minimum absolute atomic E-state index is 0.498. The molecule has 1 fully saturated rings. The van der Waals surface area contributed by atoms with E-state index < -0.39 is 0 Å². The largest absolute Gasteiger partial charge is 0.367 e. The summed E-state index contributed by atoms with van der Waals surface area (Å²) in [5.41, 5.74) is 0. The molecule has 2 N–H and O–H groups in total. The second-order valence-electron chi connectivity index (χ2n) is 4.84. The third kappa shape index (κ3) is 2.27. The Labute approximate surface area is 111 Å². The zero-order valence-corrected chi connectivity index (χ0v) is 11.5. The second-order valence-corrected chi connectivity index (χ2v) is 5.73. The highest BCUT2D eigenvalue weighted by molar-refractivity contribution is 7.16. The first-order valence-electron chi connectivity index (χ1n) is 6.53. The molecule has 4 nitrogen and oxygen atoms in total. The van der Waals surface area contributed by atoms with Crippen molar-refractivity contribution in [1.82, 2.24) is 9.97 Å². The first-order chi connectivity index (χ1) is 8.78. The summed E-state index contributed by atoms with van der Waals surface area (Å²) in [7, 11) is 0. The second kappa shape index (κ2) is 4.72. The highest BCUT2D eigenvalue weighted by atomic mass is 32.1. The molecule has 0 aromatic carbocycles. The van der Waals surface area contributed by atoms with Crippen LogP contribution in [0.3, 0.4) is 0 Å². The first-order valence-corrected chi connectivity index (χ1v) is 7.41. The van der Waals surface area contributed by atoms with Gasteiger partial charge in [0.05, 0.1) is 5.39 Å². The van der Waals surface area contributed by atoms with Crippen LogP contribution in [0.2, 0.25) is 0 Å². The maximum Gasteiger partial charge on any atom is 0.226 e. The molecule has 2 aromatic rings. The summed E-state index contributed by atoms with van der Waals surface area (Å²) < 4.78 is 0. The van der Waals surface area contributed by atoms with Crippen molar-refractivity contribution in [3.63, 3.8) is 0 Å². The monoisotopic (exact) mass is 262 g/mol. The molecule has 0 saturated heterocycles. The molecule has 0 bridgehead atoms. The number of thiophene rings is 1. The van der Waals surface area contributed by atoms with Crippen LogP contribution in [0.4, 0.5) is 11.8 Å². The lowest BCUT2D eigenvalue weighted by Crippen LogP contribution is -2.19. The predicted octanol–water partition coefficient (Wildman–Crippen LogP) is 3.33. The number of hydrogen-bond donors (Lipinski definition) is 2. The van der Waals surface area contributed by atoms with Crippen LogP contribution in [0.5, 0.6) is 0 Å². The Balaban J connectivity index is 1.93. The maximum atomic E-state index is 4.59. The van der Waals surface area contributed by atoms with Crippen molar-refractivity contribution in [3.05, 3.63) is 11.4 Å². The highest BCUT2D eigenvalue weighted by Crippen LogP contribution is 2.35. The summed E-state index contributed by atoms with van der Waals surface area (Å²) in [6.45, 7) is 5.14. The molecular formula is C13H18N4S. The Kier molecular flexibility index (Phi) is 3.07. The van der Waals surface area contributed by atoms with Gasteiger partial charge in [-0.2, -0.15) is 4.98 Å². The molecule has 1 atom stereocenters. The van der Waals surface area contributed by atoms with Crippen molar-refractivity contribution >= 4 is 33.3 Å². The number of hydrogen-bond acceptors (Lipinski definition) is 5. The van der Waals surface area contributed by atoms with Crippen LogP contribution in [-0.2, 0) is 0 Å². The van der Waals surface area contributed by atoms with Crippen molar-refractivity contribution in [3.8, 4) is 0 Å². The molecule has 96 valence electrons. The van der Waals surface area contributed by atoms with E-state index in [0.29, 0.717) is 6.04 Å². The average Bonchev–Trinajstić information content (AvgIpc) is 3.09. The number of anilines is 2. The van der Waals surface area contributed by atoms with E-state index in [4.69, 9.17) is 0 Å². The summed E-state index contributed by atoms with van der Waals surface area (Å²) in [5.74, 6) is 2.51. The van der Waals surface area contributed by atoms with E-state index in [1.807, 2.05) is 0 Å². The van der Waals surface area contributed by atoms with E-state index in [-0.39, 0.29) is 0 Å². The topological polar surface area (TPSA) is 49.8 Å². The number of fused-ring (bicyclic) bond motifs is 1. The quantitative estimate of drug-likeness (QED) is 0.867. The van der Waals surface area contributed by atoms with Crippen LogP contribution in [0.1, 0.15) is 26.7 Å². The third-order valence-electron chi connectivity index (χ3n) is 3.35. The highest BCUT2D eigenvalue weighted by Gasteiger charge is 2.28. The molecule has 1 saturated carbocycles. The molecule has 0 amide bonds. The van der Waals surface area contributed by atoms with Crippen LogP contribution in [-0.4, -0.2) is 22.6 Å². The standard InChI is InChI=1S/C13H18N4S/c1-3-14-13-16-11(15-8(2)9-4-5-9)10-6-7-18-12(10)17-13/h6-9H,3-5H2,1-2H3,(H2,14,15,16,17). The van der Waals surface area contributed by atoms with Gasteiger partial charge in [-0.1, -0.05) is 0 Å². The van der Waals surface area contributed by atoms with Gasteiger partial charge < -0.3 is 10.6 Å². The average molecular weight is 262 g/mol. The Morgan fingerprint density at radius 1 is 1.44 bits per heavy atom. The van der Waals surface area contributed by atoms with E-state index in [9.17, 15) is 0 Å². The van der Waals surface area contributed by atoms with Crippen molar-refractivity contribution in [1.29, 1.82) is 0 Å². The SMILES string of the molecule is CCNc1nc(NC(C)C2CC2)c2ccsc2n1. The zero-order valence-electron chi connectivity index (χ0n) is 10.7. The van der Waals surface area contributed by atoms with Crippen LogP contribution in [0.25, 0.3) is 10.2 Å². The zero-order chi connectivity index (χ0) is 12.5. The van der Waals surface area contributed by atoms with Gasteiger partial charge in [0.2, 0.25) is 5.95 Å². The van der Waals surface area contributed by atoms with Crippen molar-refractivity contribution in [2.24, 2.45) is 5.92 Å². The third-order valence-corrected chi connectivity index (χ3v) is 4.16. The van der Waals surface area contributed by atoms with Gasteiger partial charge >= 0.3 is 0 Å². The van der Waals surface area contributed by atoms with Crippen LogP contribution >= 0.6 is 11.3 Å². The molecular weight excluding hydrogens is 244 g/mol. The summed E-state index contributed by atoms with van der Waals surface area (Å²) in [4.78, 5) is 10.1. The van der Waals surface area contributed by atoms with E-state index in [1.165, 1.54) is 12.8 Å². The van der Waals surface area contributed by atoms with Crippen LogP contribution in [0.15, 0.2) is 11.4 Å². The summed E-state index contributed by atoms with van der Waals surface area (Å²) in [5, 5.41) is 9.94. The Hall–Kier alpha value is -1.36. The Bertz CT molecular complexity index is 547. The number of nitrogens with zero attached hydrogens (tertiary/aromatic N) is 2. The van der Waals surface area contributed by atoms with Gasteiger partial charge in [-0.3, -0.25) is 0 Å². The van der Waals surface area contributed by atoms with Crippen molar-refractivity contribution in [2.45, 2.75) is 32.7 Å². The van der Waals surface area contributed by atoms with Gasteiger partial charge in [-0.05, 0) is 44.1 Å². The van der Waals surface area contributed by atoms with E-state index in [1.54, 1.807) is 11.3 Å². The van der Waals surface area contributed by atoms with E-state index in [2.05, 4.69) is 45.9 Å². The molecule has 5 heteroatoms. The number of aromatic nitrogens is 2. The van der Waals surface area contributed by atoms with Crippen molar-refractivity contribution in [2.75, 3.05) is 17.2 Å². The smallest absolute Gasteiger partial charge is 0.226 e. The van der Waals surface area contributed by atoms with Gasteiger partial charge in [-0.25, -0.2) is 4.98 Å². The molecule has 2 aromatic heterocycles. The Morgan fingerprint density at radius 3 is 3.00 bits per heavy atom. The lowest BCUT2D eigenvalue weighted by atomic mass is 10.2. The fraction of sp³-hybridized carbons (Fsp3) is 0.538. The van der Waals surface area contributed by atoms with Gasteiger partial charge in [0.1, 0.15) is 10.6 Å². The molecule has 1 unspecified atom stereocenters. The fourth-order valence-corrected chi connectivity index (χ4v) is 2.90. The minimum Gasteiger partial charge on any atom is -0.367 e. The maximum absolute atomic E-state index is 4.59. The van der Waals surface area contributed by atoms with E-state index >= 15 is 0 Å². The molecule has 18 heavy (non-hydrogen) atoms. The summed E-state index contributed by atoms with van der Waals surface area (Å²) >= 11 is 1.66. The number of rotatable bonds is 5. The fourth-order valence-electron chi connectivity index (χ4n) is 2.13. The molecule has 3 rings (SSSR count). The molecule has 0 radical (unpaired) electrons. The van der Waals surface area contributed by atoms with Crippen LogP contribution < -0.4 is 10.6 Å². The van der Waals surface area contributed by atoms with Gasteiger partial charge in [0.15, 0.2) is 0 Å². The van der Waals surface area contributed by atoms with Crippen molar-refractivity contribution < 1.29 is 0 Å². The molecule has 2 heterocycles. The first kappa shape index (κ1) is 11.7. The van der Waals surface area contributed by atoms with Gasteiger partial charge in [-0.15, -0.1) is 11.3 Å². The molecule has 0 aliphatic heterocycles. The molecule has 0 spiro atoms. The van der Waals surface area contributed by atoms with Gasteiger partial charge in [0, 0.05) is 12.6 Å². The predicted molar refractivity (Wildman–Crippen MR) is 77.4 cm³/mol. The lowest BCUT2D eigenvalue weighted by molar-refractivity contribution is 0.691. The molecule has 1 aliphatic rings. The number of nitrogens with one attached hydrogen (secondary N) is 2. The minimum atomic E-state index is 0.498. The summed E-state index contributed by atoms with van der Waals surface area (Å²) in [6, 6.07) is 2.59. The Morgan fingerprint density at radius 2 is 2.28 bits per heavy atom. The molecule has 1 aliphatic carbocycles. The lowest BCUT2D eigenvalue weighted by Gasteiger charge is -2.15. The van der Waals surface area contributed by atoms with Crippen LogP contribution in [0, 0.1) is 5.92 Å². The van der Waals surface area contributed by atoms with Gasteiger partial charge in [0.25, 0.3) is 0 Å². The van der Waals surface area contributed by atoms with E-state index in [0.717, 1.165) is 34.4 Å².